The van der Waals surface area contributed by atoms with Crippen LogP contribution in [-0.4, -0.2) is 35.4 Å². The summed E-state index contributed by atoms with van der Waals surface area (Å²) in [4.78, 5) is 4.22. The van der Waals surface area contributed by atoms with Gasteiger partial charge in [0.25, 0.3) is 0 Å². The largest absolute Gasteiger partial charge is 0.489 e. The van der Waals surface area contributed by atoms with Gasteiger partial charge in [-0.3, -0.25) is 9.67 Å². The van der Waals surface area contributed by atoms with Crippen LogP contribution < -0.4 is 15.4 Å². The molecule has 0 radical (unpaired) electrons. The van der Waals surface area contributed by atoms with E-state index in [1.54, 1.807) is 19.2 Å². The summed E-state index contributed by atoms with van der Waals surface area (Å²) >= 11 is 0. The Morgan fingerprint density at radius 2 is 1.97 bits per heavy atom. The van der Waals surface area contributed by atoms with Crippen LogP contribution in [0, 0.1) is 5.82 Å². The fourth-order valence-corrected chi connectivity index (χ4v) is 2.82. The van der Waals surface area contributed by atoms with Gasteiger partial charge in [0.2, 0.25) is 0 Å². The minimum absolute atomic E-state index is 0.149. The van der Waals surface area contributed by atoms with Gasteiger partial charge in [-0.25, -0.2) is 4.39 Å². The van der Waals surface area contributed by atoms with Crippen molar-refractivity contribution in [2.24, 2.45) is 4.99 Å². The van der Waals surface area contributed by atoms with Crippen LogP contribution in [0.25, 0.3) is 0 Å². The van der Waals surface area contributed by atoms with Gasteiger partial charge in [-0.05, 0) is 24.6 Å². The van der Waals surface area contributed by atoms with E-state index in [4.69, 9.17) is 4.74 Å². The Balaban J connectivity index is 1.43. The Kier molecular flexibility index (Phi) is 7.22. The molecule has 3 rings (SSSR count). The van der Waals surface area contributed by atoms with Crippen molar-refractivity contribution in [3.8, 4) is 5.75 Å². The van der Waals surface area contributed by atoms with Crippen molar-refractivity contribution in [1.82, 2.24) is 20.4 Å². The van der Waals surface area contributed by atoms with Crippen LogP contribution in [0.4, 0.5) is 4.39 Å². The second-order valence-electron chi connectivity index (χ2n) is 6.72. The normalized spacial score (nSPS) is 12.4. The van der Waals surface area contributed by atoms with E-state index >= 15 is 0 Å². The summed E-state index contributed by atoms with van der Waals surface area (Å²) in [6.45, 7) is 3.79. The molecule has 1 heterocycles. The van der Waals surface area contributed by atoms with E-state index < -0.39 is 0 Å². The number of aromatic nitrogens is 2. The molecule has 0 aliphatic heterocycles. The van der Waals surface area contributed by atoms with Gasteiger partial charge >= 0.3 is 0 Å². The second kappa shape index (κ2) is 10.3. The van der Waals surface area contributed by atoms with E-state index in [1.807, 2.05) is 42.2 Å². The molecule has 7 heteroatoms. The zero-order valence-electron chi connectivity index (χ0n) is 16.7. The Morgan fingerprint density at radius 3 is 2.72 bits per heavy atom. The lowest BCUT2D eigenvalue weighted by atomic mass is 10.2. The number of benzene rings is 2. The quantitative estimate of drug-likeness (QED) is 0.454. The summed E-state index contributed by atoms with van der Waals surface area (Å²) in [6, 6.07) is 16.3. The van der Waals surface area contributed by atoms with E-state index in [0.717, 1.165) is 12.1 Å². The molecule has 3 aromatic rings. The highest BCUT2D eigenvalue weighted by molar-refractivity contribution is 5.79. The average molecular weight is 395 g/mol. The van der Waals surface area contributed by atoms with E-state index in [1.165, 1.54) is 17.7 Å². The SMILES string of the molecule is CN=C(NCc1cnn(Cc2ccccc2)c1)NCC(C)Oc1cccc(F)c1. The zero-order valence-corrected chi connectivity index (χ0v) is 16.7. The monoisotopic (exact) mass is 395 g/mol. The molecule has 2 N–H and O–H groups in total. The highest BCUT2D eigenvalue weighted by Gasteiger charge is 2.07. The molecule has 152 valence electrons. The molecule has 0 saturated carbocycles. The summed E-state index contributed by atoms with van der Waals surface area (Å²) in [5, 5.41) is 10.9. The van der Waals surface area contributed by atoms with Gasteiger partial charge in [0, 0.05) is 31.4 Å². The first-order valence-electron chi connectivity index (χ1n) is 9.54. The van der Waals surface area contributed by atoms with Crippen LogP contribution in [0.1, 0.15) is 18.1 Å². The molecular weight excluding hydrogens is 369 g/mol. The number of hydrogen-bond acceptors (Lipinski definition) is 3. The number of ether oxygens (including phenoxy) is 1. The van der Waals surface area contributed by atoms with E-state index in [0.29, 0.717) is 24.8 Å². The molecular formula is C22H26FN5O. The van der Waals surface area contributed by atoms with Gasteiger partial charge in [-0.15, -0.1) is 0 Å². The predicted octanol–water partition coefficient (Wildman–Crippen LogP) is 3.20. The smallest absolute Gasteiger partial charge is 0.191 e. The fraction of sp³-hybridized carbons (Fsp3) is 0.273. The summed E-state index contributed by atoms with van der Waals surface area (Å²) < 4.78 is 20.9. The van der Waals surface area contributed by atoms with Gasteiger partial charge in [0.05, 0.1) is 19.3 Å². The third-order valence-corrected chi connectivity index (χ3v) is 4.25. The average Bonchev–Trinajstić information content (AvgIpc) is 3.16. The Hall–Kier alpha value is -3.35. The van der Waals surface area contributed by atoms with Gasteiger partial charge in [-0.2, -0.15) is 5.10 Å². The molecule has 0 aliphatic rings. The molecule has 0 amide bonds. The predicted molar refractivity (Wildman–Crippen MR) is 112 cm³/mol. The van der Waals surface area contributed by atoms with Gasteiger partial charge in [0.15, 0.2) is 5.96 Å². The molecule has 1 unspecified atom stereocenters. The highest BCUT2D eigenvalue weighted by Crippen LogP contribution is 2.13. The lowest BCUT2D eigenvalue weighted by Crippen LogP contribution is -2.41. The molecule has 2 aromatic carbocycles. The van der Waals surface area contributed by atoms with Crippen molar-refractivity contribution in [2.45, 2.75) is 26.1 Å². The third kappa shape index (κ3) is 6.64. The number of nitrogens with zero attached hydrogens (tertiary/aromatic N) is 3. The van der Waals surface area contributed by atoms with Crippen LogP contribution in [0.2, 0.25) is 0 Å². The fourth-order valence-electron chi connectivity index (χ4n) is 2.82. The molecule has 0 aliphatic carbocycles. The third-order valence-electron chi connectivity index (χ3n) is 4.25. The summed E-state index contributed by atoms with van der Waals surface area (Å²) in [5.41, 5.74) is 2.27. The lowest BCUT2D eigenvalue weighted by molar-refractivity contribution is 0.223. The van der Waals surface area contributed by atoms with Crippen LogP contribution in [0.5, 0.6) is 5.75 Å². The highest BCUT2D eigenvalue weighted by atomic mass is 19.1. The number of rotatable bonds is 8. The van der Waals surface area contributed by atoms with Gasteiger partial charge < -0.3 is 15.4 Å². The van der Waals surface area contributed by atoms with Crippen molar-refractivity contribution in [2.75, 3.05) is 13.6 Å². The van der Waals surface area contributed by atoms with Crippen LogP contribution in [-0.2, 0) is 13.1 Å². The second-order valence-corrected chi connectivity index (χ2v) is 6.72. The number of aliphatic imine (C=N–C) groups is 1. The van der Waals surface area contributed by atoms with Crippen molar-refractivity contribution in [1.29, 1.82) is 0 Å². The molecule has 0 fully saturated rings. The number of hydrogen-bond donors (Lipinski definition) is 2. The minimum Gasteiger partial charge on any atom is -0.489 e. The minimum atomic E-state index is -0.312. The summed E-state index contributed by atoms with van der Waals surface area (Å²) in [5.74, 6) is 0.858. The van der Waals surface area contributed by atoms with Gasteiger partial charge in [-0.1, -0.05) is 36.4 Å². The van der Waals surface area contributed by atoms with Gasteiger partial charge in [0.1, 0.15) is 17.7 Å². The van der Waals surface area contributed by atoms with Crippen molar-refractivity contribution in [3.05, 3.63) is 83.9 Å². The Morgan fingerprint density at radius 1 is 1.14 bits per heavy atom. The molecule has 0 bridgehead atoms. The topological polar surface area (TPSA) is 63.5 Å². The molecule has 6 nitrogen and oxygen atoms in total. The molecule has 0 saturated heterocycles. The molecule has 1 aromatic heterocycles. The van der Waals surface area contributed by atoms with Crippen molar-refractivity contribution in [3.63, 3.8) is 0 Å². The first-order valence-corrected chi connectivity index (χ1v) is 9.54. The standard InChI is InChI=1S/C22H26FN5O/c1-17(29-21-10-6-9-20(23)11-21)12-25-22(24-2)26-13-19-14-27-28(16-19)15-18-7-4-3-5-8-18/h3-11,14,16-17H,12-13,15H2,1-2H3,(H2,24,25,26). The van der Waals surface area contributed by atoms with E-state index in [9.17, 15) is 4.39 Å². The molecule has 0 spiro atoms. The van der Waals surface area contributed by atoms with Crippen LogP contribution >= 0.6 is 0 Å². The zero-order chi connectivity index (χ0) is 20.5. The maximum atomic E-state index is 13.2. The van der Waals surface area contributed by atoms with E-state index in [-0.39, 0.29) is 11.9 Å². The maximum Gasteiger partial charge on any atom is 0.191 e. The Labute approximate surface area is 170 Å². The molecule has 29 heavy (non-hydrogen) atoms. The molecule has 1 atom stereocenters. The summed E-state index contributed by atoms with van der Waals surface area (Å²) in [7, 11) is 1.71. The van der Waals surface area contributed by atoms with Crippen molar-refractivity contribution >= 4 is 5.96 Å². The number of halogens is 1. The van der Waals surface area contributed by atoms with Crippen LogP contribution in [0.15, 0.2) is 72.0 Å². The van der Waals surface area contributed by atoms with Crippen LogP contribution in [0.3, 0.4) is 0 Å². The first kappa shape index (κ1) is 20.4. The maximum absolute atomic E-state index is 13.2. The lowest BCUT2D eigenvalue weighted by Gasteiger charge is -2.17. The first-order chi connectivity index (χ1) is 14.1. The Bertz CT molecular complexity index is 926. The van der Waals surface area contributed by atoms with Crippen molar-refractivity contribution < 1.29 is 9.13 Å². The number of nitrogens with one attached hydrogen (secondary N) is 2. The summed E-state index contributed by atoms with van der Waals surface area (Å²) in [6.07, 6.45) is 3.71. The number of guanidine groups is 1. The van der Waals surface area contributed by atoms with E-state index in [2.05, 4.69) is 32.9 Å².